The number of carbonyl (C=O) groups excluding carboxylic acids is 2. The van der Waals surface area contributed by atoms with Crippen LogP contribution in [0.15, 0.2) is 72.4 Å². The lowest BCUT2D eigenvalue weighted by molar-refractivity contribution is -0.113. The van der Waals surface area contributed by atoms with Gasteiger partial charge in [-0.05, 0) is 66.2 Å². The predicted octanol–water partition coefficient (Wildman–Crippen LogP) is 4.78. The third-order valence-corrected chi connectivity index (χ3v) is 4.92. The molecule has 0 bridgehead atoms. The molecule has 3 rings (SSSR count). The predicted molar refractivity (Wildman–Crippen MR) is 128 cm³/mol. The van der Waals surface area contributed by atoms with Crippen molar-refractivity contribution in [1.29, 1.82) is 0 Å². The second kappa shape index (κ2) is 11.1. The molecule has 0 aromatic heterocycles. The van der Waals surface area contributed by atoms with Gasteiger partial charge in [0.2, 0.25) is 0 Å². The molecular formula is C25H23ClN2O5. The Kier molecular flexibility index (Phi) is 7.94. The Morgan fingerprint density at radius 2 is 1.48 bits per heavy atom. The van der Waals surface area contributed by atoms with E-state index >= 15 is 0 Å². The maximum absolute atomic E-state index is 13.0. The summed E-state index contributed by atoms with van der Waals surface area (Å²) >= 11 is 5.92. The van der Waals surface area contributed by atoms with Crippen LogP contribution < -0.4 is 24.8 Å². The second-order valence-electron chi connectivity index (χ2n) is 6.82. The summed E-state index contributed by atoms with van der Waals surface area (Å²) in [6.07, 6.45) is 1.57. The van der Waals surface area contributed by atoms with Gasteiger partial charge in [0, 0.05) is 16.3 Å². The Balaban J connectivity index is 1.90. The van der Waals surface area contributed by atoms with Crippen LogP contribution in [-0.4, -0.2) is 33.1 Å². The molecule has 0 radical (unpaired) electrons. The molecule has 0 saturated heterocycles. The van der Waals surface area contributed by atoms with Gasteiger partial charge in [-0.3, -0.25) is 9.59 Å². The van der Waals surface area contributed by atoms with Crippen LogP contribution in [-0.2, 0) is 4.79 Å². The van der Waals surface area contributed by atoms with E-state index in [1.54, 1.807) is 73.8 Å². The number of amides is 2. The fraction of sp³-hybridized carbons (Fsp3) is 0.120. The highest BCUT2D eigenvalue weighted by Gasteiger charge is 2.17. The number of ether oxygens (including phenoxy) is 3. The molecule has 0 aliphatic heterocycles. The first kappa shape index (κ1) is 23.7. The first-order chi connectivity index (χ1) is 15.9. The van der Waals surface area contributed by atoms with Crippen LogP contribution in [0.25, 0.3) is 6.08 Å². The zero-order valence-corrected chi connectivity index (χ0v) is 19.1. The van der Waals surface area contributed by atoms with Crippen LogP contribution in [0.1, 0.15) is 15.9 Å². The summed E-state index contributed by atoms with van der Waals surface area (Å²) in [4.78, 5) is 26.0. The molecule has 0 spiro atoms. The second-order valence-corrected chi connectivity index (χ2v) is 7.25. The molecule has 170 valence electrons. The van der Waals surface area contributed by atoms with Gasteiger partial charge in [-0.25, -0.2) is 0 Å². The highest BCUT2D eigenvalue weighted by molar-refractivity contribution is 6.30. The van der Waals surface area contributed by atoms with Gasteiger partial charge in [-0.15, -0.1) is 0 Å². The Morgan fingerprint density at radius 3 is 2.09 bits per heavy atom. The minimum Gasteiger partial charge on any atom is -0.497 e. The van der Waals surface area contributed by atoms with E-state index < -0.39 is 11.8 Å². The van der Waals surface area contributed by atoms with Crippen LogP contribution in [0.5, 0.6) is 17.2 Å². The Hall–Kier alpha value is -3.97. The van der Waals surface area contributed by atoms with E-state index in [4.69, 9.17) is 25.8 Å². The zero-order chi connectivity index (χ0) is 23.8. The van der Waals surface area contributed by atoms with E-state index in [0.29, 0.717) is 39.1 Å². The van der Waals surface area contributed by atoms with Gasteiger partial charge in [-0.2, -0.15) is 0 Å². The van der Waals surface area contributed by atoms with Crippen LogP contribution in [0.4, 0.5) is 5.69 Å². The van der Waals surface area contributed by atoms with Crippen LogP contribution in [0.3, 0.4) is 0 Å². The topological polar surface area (TPSA) is 85.9 Å². The van der Waals surface area contributed by atoms with Crippen LogP contribution in [0.2, 0.25) is 5.02 Å². The van der Waals surface area contributed by atoms with Crippen LogP contribution in [0, 0.1) is 0 Å². The summed E-state index contributed by atoms with van der Waals surface area (Å²) in [7, 11) is 4.56. The molecule has 3 aromatic carbocycles. The number of carbonyl (C=O) groups is 2. The summed E-state index contributed by atoms with van der Waals surface area (Å²) in [6, 6.07) is 18.5. The summed E-state index contributed by atoms with van der Waals surface area (Å²) in [6.45, 7) is 0. The molecule has 0 heterocycles. The molecule has 0 aliphatic rings. The standard InChI is InChI=1S/C25H23ClN2O5/c1-31-20-11-4-16(5-12-20)14-21(25(30)27-19-9-7-18(26)8-10-19)28-24(29)17-6-13-22(32-2)23(15-17)33-3/h4-15H,1-3H3,(H,27,30)(H,28,29)/b21-14+. The number of nitrogens with one attached hydrogen (secondary N) is 2. The van der Waals surface area contributed by atoms with Gasteiger partial charge in [-0.1, -0.05) is 23.7 Å². The maximum Gasteiger partial charge on any atom is 0.272 e. The van der Waals surface area contributed by atoms with Crippen molar-refractivity contribution in [2.75, 3.05) is 26.6 Å². The van der Waals surface area contributed by atoms with Gasteiger partial charge in [0.15, 0.2) is 11.5 Å². The fourth-order valence-corrected chi connectivity index (χ4v) is 3.05. The number of hydrogen-bond donors (Lipinski definition) is 2. The monoisotopic (exact) mass is 466 g/mol. The summed E-state index contributed by atoms with van der Waals surface area (Å²) in [5.41, 5.74) is 1.58. The number of benzene rings is 3. The molecule has 0 atom stereocenters. The number of hydrogen-bond acceptors (Lipinski definition) is 5. The number of methoxy groups -OCH3 is 3. The molecule has 0 unspecified atom stereocenters. The van der Waals surface area contributed by atoms with Crippen molar-refractivity contribution in [2.45, 2.75) is 0 Å². The van der Waals surface area contributed by atoms with Gasteiger partial charge in [0.1, 0.15) is 11.4 Å². The lowest BCUT2D eigenvalue weighted by Crippen LogP contribution is -2.30. The fourth-order valence-electron chi connectivity index (χ4n) is 2.93. The van der Waals surface area contributed by atoms with Crippen molar-refractivity contribution in [2.24, 2.45) is 0 Å². The first-order valence-corrected chi connectivity index (χ1v) is 10.3. The smallest absolute Gasteiger partial charge is 0.272 e. The molecule has 0 aliphatic carbocycles. The van der Waals surface area contributed by atoms with Gasteiger partial charge in [0.25, 0.3) is 11.8 Å². The number of rotatable bonds is 8. The minimum absolute atomic E-state index is 0.0508. The van der Waals surface area contributed by atoms with Crippen molar-refractivity contribution in [1.82, 2.24) is 5.32 Å². The van der Waals surface area contributed by atoms with E-state index in [1.807, 2.05) is 0 Å². The lowest BCUT2D eigenvalue weighted by atomic mass is 10.1. The van der Waals surface area contributed by atoms with E-state index in [2.05, 4.69) is 10.6 Å². The van der Waals surface area contributed by atoms with Crippen molar-refractivity contribution in [3.8, 4) is 17.2 Å². The first-order valence-electron chi connectivity index (χ1n) is 9.89. The number of halogens is 1. The lowest BCUT2D eigenvalue weighted by Gasteiger charge is -2.13. The van der Waals surface area contributed by atoms with Crippen molar-refractivity contribution >= 4 is 35.2 Å². The normalized spacial score (nSPS) is 10.8. The quantitative estimate of drug-likeness (QED) is 0.467. The molecule has 0 saturated carbocycles. The molecule has 33 heavy (non-hydrogen) atoms. The average Bonchev–Trinajstić information content (AvgIpc) is 2.84. The zero-order valence-electron chi connectivity index (χ0n) is 18.3. The molecular weight excluding hydrogens is 444 g/mol. The summed E-state index contributed by atoms with van der Waals surface area (Å²) < 4.78 is 15.6. The van der Waals surface area contributed by atoms with Crippen molar-refractivity contribution in [3.05, 3.63) is 88.6 Å². The van der Waals surface area contributed by atoms with E-state index in [9.17, 15) is 9.59 Å². The van der Waals surface area contributed by atoms with Gasteiger partial charge >= 0.3 is 0 Å². The highest BCUT2D eigenvalue weighted by Crippen LogP contribution is 2.27. The third-order valence-electron chi connectivity index (χ3n) is 4.67. The third kappa shape index (κ3) is 6.27. The maximum atomic E-state index is 13.0. The van der Waals surface area contributed by atoms with Crippen LogP contribution >= 0.6 is 11.6 Å². The molecule has 0 fully saturated rings. The van der Waals surface area contributed by atoms with Gasteiger partial charge < -0.3 is 24.8 Å². The Bertz CT molecular complexity index is 1160. The summed E-state index contributed by atoms with van der Waals surface area (Å²) in [5, 5.41) is 5.99. The molecule has 7 nitrogen and oxygen atoms in total. The van der Waals surface area contributed by atoms with Crippen molar-refractivity contribution < 1.29 is 23.8 Å². The van der Waals surface area contributed by atoms with E-state index in [-0.39, 0.29) is 5.70 Å². The molecule has 3 aromatic rings. The summed E-state index contributed by atoms with van der Waals surface area (Å²) in [5.74, 6) is 0.581. The molecule has 2 amide bonds. The Morgan fingerprint density at radius 1 is 0.818 bits per heavy atom. The van der Waals surface area contributed by atoms with Crippen molar-refractivity contribution in [3.63, 3.8) is 0 Å². The van der Waals surface area contributed by atoms with E-state index in [0.717, 1.165) is 0 Å². The molecule has 8 heteroatoms. The Labute approximate surface area is 196 Å². The largest absolute Gasteiger partial charge is 0.497 e. The SMILES string of the molecule is COc1ccc(/C=C(/NC(=O)c2ccc(OC)c(OC)c2)C(=O)Nc2ccc(Cl)cc2)cc1. The number of anilines is 1. The van der Waals surface area contributed by atoms with E-state index in [1.165, 1.54) is 20.3 Å². The van der Waals surface area contributed by atoms with Gasteiger partial charge in [0.05, 0.1) is 21.3 Å². The minimum atomic E-state index is -0.498. The highest BCUT2D eigenvalue weighted by atomic mass is 35.5. The molecule has 2 N–H and O–H groups in total. The average molecular weight is 467 g/mol.